The Morgan fingerprint density at radius 1 is 0.808 bits per heavy atom. The van der Waals surface area contributed by atoms with Crippen LogP contribution in [0.3, 0.4) is 0 Å². The Bertz CT molecular complexity index is 438. The number of rotatable bonds is 14. The molecule has 3 N–H and O–H groups in total. The molecule has 152 valence electrons. The van der Waals surface area contributed by atoms with Gasteiger partial charge in [-0.2, -0.15) is 0 Å². The summed E-state index contributed by atoms with van der Waals surface area (Å²) in [6, 6.07) is -1.40. The highest BCUT2D eigenvalue weighted by Crippen LogP contribution is 2.09. The highest BCUT2D eigenvalue weighted by molar-refractivity contribution is 5.93. The number of ketones is 1. The minimum absolute atomic E-state index is 0.0522. The summed E-state index contributed by atoms with van der Waals surface area (Å²) in [4.78, 5) is 37.1. The molecule has 0 aliphatic rings. The van der Waals surface area contributed by atoms with Gasteiger partial charge in [0.05, 0.1) is 12.1 Å². The highest BCUT2D eigenvalue weighted by atomic mass is 16.2. The minimum atomic E-state index is -0.603. The van der Waals surface area contributed by atoms with Crippen LogP contribution in [0.2, 0.25) is 0 Å². The lowest BCUT2D eigenvalue weighted by molar-refractivity contribution is -0.132. The lowest BCUT2D eigenvalue weighted by Crippen LogP contribution is -2.54. The first-order valence-electron chi connectivity index (χ1n) is 10.0. The third-order valence-electron chi connectivity index (χ3n) is 4.50. The van der Waals surface area contributed by atoms with Gasteiger partial charge in [-0.25, -0.2) is 0 Å². The summed E-state index contributed by atoms with van der Waals surface area (Å²) in [5.41, 5.74) is 0. The third kappa shape index (κ3) is 9.90. The second kappa shape index (κ2) is 13.7. The minimum Gasteiger partial charge on any atom is -0.345 e. The molecule has 0 spiro atoms. The summed E-state index contributed by atoms with van der Waals surface area (Å²) < 4.78 is 0. The highest BCUT2D eigenvalue weighted by Gasteiger charge is 2.27. The van der Waals surface area contributed by atoms with Crippen molar-refractivity contribution in [3.8, 4) is 0 Å². The summed E-state index contributed by atoms with van der Waals surface area (Å²) in [5, 5.41) is 8.75. The van der Waals surface area contributed by atoms with Crippen LogP contribution < -0.4 is 16.0 Å². The number of Topliss-reactive ketones (excluding diaryl/α,β-unsaturated/α-hetero) is 1. The number of hydrogen-bond acceptors (Lipinski definition) is 4. The smallest absolute Gasteiger partial charge is 0.243 e. The number of nitrogens with one attached hydrogen (secondary N) is 3. The van der Waals surface area contributed by atoms with Crippen LogP contribution in [0, 0.1) is 5.92 Å². The van der Waals surface area contributed by atoms with Crippen LogP contribution in [0.4, 0.5) is 0 Å². The Morgan fingerprint density at radius 3 is 1.69 bits per heavy atom. The van der Waals surface area contributed by atoms with E-state index >= 15 is 0 Å². The molecule has 0 aromatic carbocycles. The van der Waals surface area contributed by atoms with Gasteiger partial charge >= 0.3 is 0 Å². The molecule has 0 bridgehead atoms. The van der Waals surface area contributed by atoms with Crippen molar-refractivity contribution >= 4 is 17.6 Å². The Balaban J connectivity index is 5.01. The van der Waals surface area contributed by atoms with Gasteiger partial charge in [-0.3, -0.25) is 14.4 Å². The zero-order valence-electron chi connectivity index (χ0n) is 17.5. The first-order chi connectivity index (χ1) is 12.3. The van der Waals surface area contributed by atoms with E-state index in [-0.39, 0.29) is 23.6 Å². The topological polar surface area (TPSA) is 87.3 Å². The number of amides is 2. The van der Waals surface area contributed by atoms with E-state index in [1.807, 2.05) is 20.8 Å². The van der Waals surface area contributed by atoms with E-state index in [4.69, 9.17) is 0 Å². The van der Waals surface area contributed by atoms with Crippen molar-refractivity contribution in [2.75, 3.05) is 7.05 Å². The van der Waals surface area contributed by atoms with Gasteiger partial charge in [0, 0.05) is 0 Å². The average Bonchev–Trinajstić information content (AvgIpc) is 2.57. The predicted octanol–water partition coefficient (Wildman–Crippen LogP) is 2.56. The first-order valence-corrected chi connectivity index (χ1v) is 10.0. The normalized spacial score (nSPS) is 14.6. The van der Waals surface area contributed by atoms with Crippen LogP contribution in [-0.2, 0) is 14.4 Å². The number of unbranched alkanes of at least 4 members (excludes halogenated alkanes) is 2. The Hall–Kier alpha value is -1.43. The largest absolute Gasteiger partial charge is 0.345 e. The maximum Gasteiger partial charge on any atom is 0.243 e. The fourth-order valence-corrected chi connectivity index (χ4v) is 2.83. The number of carbonyl (C=O) groups is 3. The molecule has 0 rings (SSSR count). The Morgan fingerprint density at radius 2 is 1.27 bits per heavy atom. The van der Waals surface area contributed by atoms with E-state index in [1.165, 1.54) is 6.92 Å². The molecule has 2 amide bonds. The SMILES string of the molecule is CCCC[C@H](NC)C(=O)N[C@@H](CCCC)C(=O)N[C@@H](CC(C)C)C(C)=O. The lowest BCUT2D eigenvalue weighted by Gasteiger charge is -2.25. The van der Waals surface area contributed by atoms with Gasteiger partial charge in [0.15, 0.2) is 5.78 Å². The van der Waals surface area contributed by atoms with E-state index in [9.17, 15) is 14.4 Å². The molecule has 0 fully saturated rings. The van der Waals surface area contributed by atoms with Crippen LogP contribution >= 0.6 is 0 Å². The van der Waals surface area contributed by atoms with Crippen molar-refractivity contribution in [2.45, 2.75) is 97.7 Å². The molecule has 0 aliphatic carbocycles. The van der Waals surface area contributed by atoms with E-state index in [1.54, 1.807) is 7.05 Å². The van der Waals surface area contributed by atoms with Crippen LogP contribution in [0.25, 0.3) is 0 Å². The third-order valence-corrected chi connectivity index (χ3v) is 4.50. The van der Waals surface area contributed by atoms with Crippen molar-refractivity contribution in [1.82, 2.24) is 16.0 Å². The summed E-state index contributed by atoms with van der Waals surface area (Å²) in [6.07, 6.45) is 5.66. The zero-order valence-corrected chi connectivity index (χ0v) is 17.5. The molecule has 0 saturated heterocycles. The summed E-state index contributed by atoms with van der Waals surface area (Å²) >= 11 is 0. The zero-order chi connectivity index (χ0) is 20.1. The van der Waals surface area contributed by atoms with Crippen molar-refractivity contribution in [3.63, 3.8) is 0 Å². The van der Waals surface area contributed by atoms with Gasteiger partial charge < -0.3 is 16.0 Å². The number of hydrogen-bond donors (Lipinski definition) is 3. The second-order valence-corrected chi connectivity index (χ2v) is 7.49. The van der Waals surface area contributed by atoms with E-state index in [0.717, 1.165) is 32.1 Å². The quantitative estimate of drug-likeness (QED) is 0.439. The van der Waals surface area contributed by atoms with Gasteiger partial charge in [-0.05, 0) is 39.2 Å². The fourth-order valence-electron chi connectivity index (χ4n) is 2.83. The fraction of sp³-hybridized carbons (Fsp3) is 0.850. The van der Waals surface area contributed by atoms with E-state index in [2.05, 4.69) is 22.9 Å². The molecule has 0 aliphatic heterocycles. The summed E-state index contributed by atoms with van der Waals surface area (Å²) in [5.74, 6) is -0.169. The van der Waals surface area contributed by atoms with Gasteiger partial charge in [-0.15, -0.1) is 0 Å². The van der Waals surface area contributed by atoms with Gasteiger partial charge in [0.2, 0.25) is 11.8 Å². The molecule has 6 heteroatoms. The molecule has 0 radical (unpaired) electrons. The Labute approximate surface area is 159 Å². The van der Waals surface area contributed by atoms with E-state index in [0.29, 0.717) is 18.8 Å². The predicted molar refractivity (Wildman–Crippen MR) is 106 cm³/mol. The first kappa shape index (κ1) is 24.6. The van der Waals surface area contributed by atoms with Crippen molar-refractivity contribution < 1.29 is 14.4 Å². The van der Waals surface area contributed by atoms with Crippen LogP contribution in [0.15, 0.2) is 0 Å². The number of likely N-dealkylation sites (N-methyl/N-ethyl adjacent to an activating group) is 1. The van der Waals surface area contributed by atoms with Crippen molar-refractivity contribution in [2.24, 2.45) is 5.92 Å². The number of carbonyl (C=O) groups excluding carboxylic acids is 3. The molecule has 3 atom stereocenters. The Kier molecular flexibility index (Phi) is 13.0. The summed E-state index contributed by atoms with van der Waals surface area (Å²) in [6.45, 7) is 9.66. The maximum atomic E-state index is 12.7. The molecule has 0 aromatic rings. The van der Waals surface area contributed by atoms with Gasteiger partial charge in [0.1, 0.15) is 6.04 Å². The van der Waals surface area contributed by atoms with Crippen LogP contribution in [0.1, 0.15) is 79.6 Å². The molecule has 0 unspecified atom stereocenters. The van der Waals surface area contributed by atoms with Crippen LogP contribution in [0.5, 0.6) is 0 Å². The molecule has 0 saturated carbocycles. The summed E-state index contributed by atoms with van der Waals surface area (Å²) in [7, 11) is 1.76. The second-order valence-electron chi connectivity index (χ2n) is 7.49. The molecule has 0 aromatic heterocycles. The van der Waals surface area contributed by atoms with Crippen molar-refractivity contribution in [3.05, 3.63) is 0 Å². The standard InChI is InChI=1S/C20H39N3O3/c1-7-9-11-16(21-6)19(25)22-17(12-10-8-2)20(26)23-18(15(5)24)13-14(3)4/h14,16-18,21H,7-13H2,1-6H3,(H,22,25)(H,23,26)/t16-,17-,18-/m0/s1. The van der Waals surface area contributed by atoms with Gasteiger partial charge in [0.25, 0.3) is 0 Å². The molecular formula is C20H39N3O3. The molecular weight excluding hydrogens is 330 g/mol. The molecule has 6 nitrogen and oxygen atoms in total. The average molecular weight is 370 g/mol. The van der Waals surface area contributed by atoms with Gasteiger partial charge in [-0.1, -0.05) is 53.4 Å². The van der Waals surface area contributed by atoms with Crippen LogP contribution in [-0.4, -0.2) is 42.8 Å². The molecule has 0 heterocycles. The monoisotopic (exact) mass is 369 g/mol. The maximum absolute atomic E-state index is 12.7. The van der Waals surface area contributed by atoms with E-state index < -0.39 is 12.1 Å². The van der Waals surface area contributed by atoms with Crippen molar-refractivity contribution in [1.29, 1.82) is 0 Å². The lowest BCUT2D eigenvalue weighted by atomic mass is 10.00. The molecule has 26 heavy (non-hydrogen) atoms.